The van der Waals surface area contributed by atoms with Crippen molar-refractivity contribution < 1.29 is 13.9 Å². The molecule has 0 bridgehead atoms. The van der Waals surface area contributed by atoms with Crippen LogP contribution in [0.15, 0.2) is 30.6 Å². The Labute approximate surface area is 155 Å². The van der Waals surface area contributed by atoms with E-state index in [9.17, 15) is 9.18 Å². The first-order chi connectivity index (χ1) is 13.1. The maximum atomic E-state index is 13.9. The first-order valence-electron chi connectivity index (χ1n) is 8.62. The molecule has 3 heterocycles. The summed E-state index contributed by atoms with van der Waals surface area (Å²) in [5, 5.41) is 4.23. The third-order valence-corrected chi connectivity index (χ3v) is 4.65. The second-order valence-corrected chi connectivity index (χ2v) is 6.36. The highest BCUT2D eigenvalue weighted by Gasteiger charge is 2.24. The van der Waals surface area contributed by atoms with Crippen LogP contribution in [-0.2, 0) is 0 Å². The van der Waals surface area contributed by atoms with Gasteiger partial charge in [-0.1, -0.05) is 0 Å². The lowest BCUT2D eigenvalue weighted by atomic mass is 10.1. The van der Waals surface area contributed by atoms with Gasteiger partial charge in [0.05, 0.1) is 7.11 Å². The lowest BCUT2D eigenvalue weighted by Gasteiger charge is -2.36. The molecule has 9 heteroatoms. The Balaban J connectivity index is 1.49. The standard InChI is InChI=1S/C18H19FN6O2/c1-12-9-16(25-18(22-12)20-11-21-25)23-5-7-24(8-6-23)17(26)13-3-4-15(27-2)14(19)10-13/h3-4,9-11H,5-8H2,1-2H3. The number of anilines is 1. The molecule has 3 aromatic rings. The van der Waals surface area contributed by atoms with Crippen molar-refractivity contribution in [3.05, 3.63) is 47.7 Å². The van der Waals surface area contributed by atoms with Gasteiger partial charge in [-0.3, -0.25) is 4.79 Å². The zero-order valence-electron chi connectivity index (χ0n) is 15.1. The van der Waals surface area contributed by atoms with Crippen LogP contribution in [0.25, 0.3) is 5.78 Å². The summed E-state index contributed by atoms with van der Waals surface area (Å²) in [5.74, 6) is 0.854. The Kier molecular flexibility index (Phi) is 4.35. The number of benzene rings is 1. The summed E-state index contributed by atoms with van der Waals surface area (Å²) >= 11 is 0. The van der Waals surface area contributed by atoms with Crippen LogP contribution in [0.5, 0.6) is 5.75 Å². The lowest BCUT2D eigenvalue weighted by molar-refractivity contribution is 0.0746. The average Bonchev–Trinajstić information content (AvgIpc) is 3.15. The fourth-order valence-electron chi connectivity index (χ4n) is 3.26. The molecule has 27 heavy (non-hydrogen) atoms. The van der Waals surface area contributed by atoms with Crippen molar-refractivity contribution in [2.45, 2.75) is 6.92 Å². The van der Waals surface area contributed by atoms with Gasteiger partial charge >= 0.3 is 0 Å². The van der Waals surface area contributed by atoms with E-state index in [1.54, 1.807) is 15.5 Å². The SMILES string of the molecule is COc1ccc(C(=O)N2CCN(c3cc(C)nc4ncnn34)CC2)cc1F. The smallest absolute Gasteiger partial charge is 0.254 e. The molecule has 0 N–H and O–H groups in total. The number of piperazine rings is 1. The van der Waals surface area contributed by atoms with Gasteiger partial charge in [0, 0.05) is 43.5 Å². The van der Waals surface area contributed by atoms with E-state index in [0.29, 0.717) is 37.5 Å². The molecule has 8 nitrogen and oxygen atoms in total. The largest absolute Gasteiger partial charge is 0.494 e. The van der Waals surface area contributed by atoms with Gasteiger partial charge in [-0.25, -0.2) is 9.37 Å². The molecule has 0 atom stereocenters. The fourth-order valence-corrected chi connectivity index (χ4v) is 3.26. The molecule has 1 amide bonds. The van der Waals surface area contributed by atoms with Crippen LogP contribution in [-0.4, -0.2) is 63.7 Å². The molecular weight excluding hydrogens is 351 g/mol. The van der Waals surface area contributed by atoms with Gasteiger partial charge in [-0.15, -0.1) is 0 Å². The topological polar surface area (TPSA) is 75.9 Å². The zero-order valence-corrected chi connectivity index (χ0v) is 15.1. The number of halogens is 1. The number of aromatic nitrogens is 4. The summed E-state index contributed by atoms with van der Waals surface area (Å²) in [7, 11) is 1.39. The third-order valence-electron chi connectivity index (χ3n) is 4.65. The van der Waals surface area contributed by atoms with E-state index >= 15 is 0 Å². The van der Waals surface area contributed by atoms with Crippen molar-refractivity contribution >= 4 is 17.5 Å². The van der Waals surface area contributed by atoms with Crippen molar-refractivity contribution in [2.24, 2.45) is 0 Å². The third kappa shape index (κ3) is 3.16. The van der Waals surface area contributed by atoms with Gasteiger partial charge in [0.25, 0.3) is 11.7 Å². The molecule has 1 aromatic carbocycles. The Morgan fingerprint density at radius 3 is 2.67 bits per heavy atom. The summed E-state index contributed by atoms with van der Waals surface area (Å²) in [5.41, 5.74) is 1.18. The second-order valence-electron chi connectivity index (χ2n) is 6.36. The van der Waals surface area contributed by atoms with Crippen molar-refractivity contribution in [2.75, 3.05) is 38.2 Å². The van der Waals surface area contributed by atoms with E-state index in [4.69, 9.17) is 4.74 Å². The number of methoxy groups -OCH3 is 1. The number of aryl methyl sites for hydroxylation is 1. The predicted octanol–water partition coefficient (Wildman–Crippen LogP) is 1.54. The van der Waals surface area contributed by atoms with E-state index < -0.39 is 5.82 Å². The average molecular weight is 370 g/mol. The molecule has 1 aliphatic rings. The van der Waals surface area contributed by atoms with Crippen LogP contribution < -0.4 is 9.64 Å². The van der Waals surface area contributed by atoms with Gasteiger partial charge < -0.3 is 14.5 Å². The van der Waals surface area contributed by atoms with Crippen molar-refractivity contribution in [1.82, 2.24) is 24.5 Å². The number of carbonyl (C=O) groups is 1. The minimum absolute atomic E-state index is 0.126. The van der Waals surface area contributed by atoms with Crippen LogP contribution in [0.1, 0.15) is 16.1 Å². The van der Waals surface area contributed by atoms with E-state index in [1.165, 1.54) is 25.6 Å². The Morgan fingerprint density at radius 2 is 1.96 bits per heavy atom. The quantitative estimate of drug-likeness (QED) is 0.696. The number of fused-ring (bicyclic) bond motifs is 1. The Hall–Kier alpha value is -3.23. The lowest BCUT2D eigenvalue weighted by Crippen LogP contribution is -2.49. The summed E-state index contributed by atoms with van der Waals surface area (Å²) in [6, 6.07) is 6.23. The fraction of sp³-hybridized carbons (Fsp3) is 0.333. The van der Waals surface area contributed by atoms with Crippen LogP contribution >= 0.6 is 0 Å². The first kappa shape index (κ1) is 17.2. The van der Waals surface area contributed by atoms with Crippen LogP contribution in [0, 0.1) is 12.7 Å². The molecule has 1 saturated heterocycles. The number of hydrogen-bond donors (Lipinski definition) is 0. The molecule has 2 aromatic heterocycles. The number of hydrogen-bond acceptors (Lipinski definition) is 6. The molecule has 1 fully saturated rings. The van der Waals surface area contributed by atoms with E-state index in [-0.39, 0.29) is 11.7 Å². The van der Waals surface area contributed by atoms with Crippen molar-refractivity contribution in [1.29, 1.82) is 0 Å². The molecule has 0 unspecified atom stereocenters. The van der Waals surface area contributed by atoms with E-state index in [1.807, 2.05) is 13.0 Å². The molecule has 140 valence electrons. The second kappa shape index (κ2) is 6.82. The van der Waals surface area contributed by atoms with Crippen molar-refractivity contribution in [3.8, 4) is 5.75 Å². The summed E-state index contributed by atoms with van der Waals surface area (Å²) in [6.07, 6.45) is 1.48. The number of nitrogens with zero attached hydrogens (tertiary/aromatic N) is 6. The molecule has 4 rings (SSSR count). The van der Waals surface area contributed by atoms with Crippen LogP contribution in [0.2, 0.25) is 0 Å². The van der Waals surface area contributed by atoms with Gasteiger partial charge in [-0.05, 0) is 25.1 Å². The Morgan fingerprint density at radius 1 is 1.19 bits per heavy atom. The molecule has 0 radical (unpaired) electrons. The highest BCUT2D eigenvalue weighted by molar-refractivity contribution is 5.94. The normalized spacial score (nSPS) is 14.6. The van der Waals surface area contributed by atoms with E-state index in [2.05, 4.69) is 20.0 Å². The first-order valence-corrected chi connectivity index (χ1v) is 8.62. The number of rotatable bonds is 3. The van der Waals surface area contributed by atoms with Gasteiger partial charge in [0.1, 0.15) is 12.1 Å². The monoisotopic (exact) mass is 370 g/mol. The number of amides is 1. The van der Waals surface area contributed by atoms with Crippen LogP contribution in [0.3, 0.4) is 0 Å². The van der Waals surface area contributed by atoms with Gasteiger partial charge in [-0.2, -0.15) is 14.6 Å². The highest BCUT2D eigenvalue weighted by Crippen LogP contribution is 2.21. The number of carbonyl (C=O) groups excluding carboxylic acids is 1. The van der Waals surface area contributed by atoms with Crippen molar-refractivity contribution in [3.63, 3.8) is 0 Å². The molecule has 0 aliphatic carbocycles. The zero-order chi connectivity index (χ0) is 19.0. The molecule has 1 aliphatic heterocycles. The predicted molar refractivity (Wildman–Crippen MR) is 96.6 cm³/mol. The minimum Gasteiger partial charge on any atom is -0.494 e. The summed E-state index contributed by atoms with van der Waals surface area (Å²) in [6.45, 7) is 4.26. The maximum absolute atomic E-state index is 13.9. The number of ether oxygens (including phenoxy) is 1. The molecule has 0 spiro atoms. The Bertz CT molecular complexity index is 997. The summed E-state index contributed by atoms with van der Waals surface area (Å²) in [4.78, 5) is 25.0. The minimum atomic E-state index is -0.539. The highest BCUT2D eigenvalue weighted by atomic mass is 19.1. The molecular formula is C18H19FN6O2. The van der Waals surface area contributed by atoms with Gasteiger partial charge in [0.2, 0.25) is 0 Å². The van der Waals surface area contributed by atoms with Gasteiger partial charge in [0.15, 0.2) is 11.6 Å². The van der Waals surface area contributed by atoms with Crippen LogP contribution in [0.4, 0.5) is 10.2 Å². The summed E-state index contributed by atoms with van der Waals surface area (Å²) < 4.78 is 20.5. The van der Waals surface area contributed by atoms with E-state index in [0.717, 1.165) is 11.5 Å². The maximum Gasteiger partial charge on any atom is 0.254 e. The molecule has 0 saturated carbocycles.